The fraction of sp³-hybridized carbons (Fsp3) is 0.346. The Kier molecular flexibility index (Phi) is 6.45. The number of fused-ring (bicyclic) bond motifs is 2. The molecular formula is C26H28BF2IN2O. The third-order valence-electron chi connectivity index (χ3n) is 6.89. The molecule has 0 fully saturated rings. The van der Waals surface area contributed by atoms with Gasteiger partial charge in [0, 0.05) is 20.4 Å². The van der Waals surface area contributed by atoms with E-state index in [1.165, 1.54) is 8.96 Å². The number of aromatic nitrogens is 1. The molecule has 0 atom stereocenters. The zero-order valence-electron chi connectivity index (χ0n) is 19.7. The van der Waals surface area contributed by atoms with Crippen LogP contribution in [0.5, 0.6) is 0 Å². The second kappa shape index (κ2) is 8.88. The second-order valence-electron chi connectivity index (χ2n) is 8.55. The van der Waals surface area contributed by atoms with Crippen LogP contribution in [0.15, 0.2) is 41.1 Å². The van der Waals surface area contributed by atoms with Crippen LogP contribution in [0.1, 0.15) is 55.3 Å². The number of hydrogen-bond acceptors (Lipinski definition) is 1. The number of halogens is 3. The molecule has 0 N–H and O–H groups in total. The van der Waals surface area contributed by atoms with Crippen LogP contribution in [0, 0.1) is 29.8 Å². The summed E-state index contributed by atoms with van der Waals surface area (Å²) in [5.74, 6) is 2.44. The number of hydrogen-bond donors (Lipinski definition) is 0. The van der Waals surface area contributed by atoms with Gasteiger partial charge in [0.2, 0.25) is 0 Å². The molecule has 2 aliphatic rings. The van der Waals surface area contributed by atoms with Crippen molar-refractivity contribution < 1.29 is 17.9 Å². The van der Waals surface area contributed by atoms with Gasteiger partial charge in [-0.2, -0.15) is 0 Å². The number of terminal acetylenes is 1. The second-order valence-corrected chi connectivity index (χ2v) is 9.80. The summed E-state index contributed by atoms with van der Waals surface area (Å²) < 4.78 is 42.3. The van der Waals surface area contributed by atoms with Crippen LogP contribution in [0.25, 0.3) is 5.57 Å². The van der Waals surface area contributed by atoms with Crippen molar-refractivity contribution in [2.45, 2.75) is 47.5 Å². The summed E-state index contributed by atoms with van der Waals surface area (Å²) in [6.07, 6.45) is 6.70. The van der Waals surface area contributed by atoms with Crippen LogP contribution in [0.4, 0.5) is 8.63 Å². The molecule has 0 spiro atoms. The number of benzene rings is 1. The Balaban J connectivity index is 2.16. The molecule has 3 nitrogen and oxygen atoms in total. The van der Waals surface area contributed by atoms with Gasteiger partial charge < -0.3 is 22.3 Å². The number of allylic oxidation sites excluding steroid dienone is 1. The molecule has 7 heteroatoms. The lowest BCUT2D eigenvalue weighted by Crippen LogP contribution is -2.52. The average Bonchev–Trinajstić information content (AvgIpc) is 3.21. The third-order valence-corrected chi connectivity index (χ3v) is 7.61. The summed E-state index contributed by atoms with van der Waals surface area (Å²) in [5.41, 5.74) is 7.86. The van der Waals surface area contributed by atoms with Crippen LogP contribution in [0.2, 0.25) is 0 Å². The van der Waals surface area contributed by atoms with Crippen molar-refractivity contribution in [3.63, 3.8) is 0 Å². The summed E-state index contributed by atoms with van der Waals surface area (Å²) in [7, 11) is 0. The molecule has 0 saturated heterocycles. The van der Waals surface area contributed by atoms with E-state index in [0.29, 0.717) is 35.6 Å². The normalized spacial score (nSPS) is 16.9. The Hall–Kier alpha value is -2.18. The average molecular weight is 560 g/mol. The van der Waals surface area contributed by atoms with Crippen molar-refractivity contribution in [2.24, 2.45) is 0 Å². The molecule has 0 unspecified atom stereocenters. The van der Waals surface area contributed by atoms with Crippen molar-refractivity contribution in [1.82, 2.24) is 4.48 Å². The first-order chi connectivity index (χ1) is 15.7. The Morgan fingerprint density at radius 1 is 1.12 bits per heavy atom. The van der Waals surface area contributed by atoms with E-state index in [4.69, 9.17) is 11.2 Å². The Morgan fingerprint density at radius 3 is 2.36 bits per heavy atom. The lowest BCUT2D eigenvalue weighted by molar-refractivity contribution is -0.365. The molecule has 4 rings (SSSR count). The standard InChI is InChI=1S/C26H28BF2IN2O/c1-7-14-33-15-23-22(9-3)17(5)26-24(19-10-12-20(30)13-11-19)25-16(4)21(8-2)18(6)31(25)27(28,29)32(23)26/h1,10-13H,8-9,14-15H2,2-6H3. The molecular weight excluding hydrogens is 532 g/mol. The van der Waals surface area contributed by atoms with Crippen molar-refractivity contribution in [2.75, 3.05) is 13.2 Å². The smallest absolute Gasteiger partial charge is 0.393 e. The maximum Gasteiger partial charge on any atom is 0.737 e. The van der Waals surface area contributed by atoms with E-state index in [1.54, 1.807) is 0 Å². The lowest BCUT2D eigenvalue weighted by Gasteiger charge is -2.34. The SMILES string of the molecule is C#CCOCC1=[N+]2C(=C(c3ccc(I)cc3)c3c(C)c(CC)c(C)n3[B-]2(F)F)C(C)=C1CC. The summed E-state index contributed by atoms with van der Waals surface area (Å²) in [6.45, 7) is 5.80. The molecule has 0 bridgehead atoms. The Morgan fingerprint density at radius 2 is 1.79 bits per heavy atom. The molecule has 0 aliphatic carbocycles. The van der Waals surface area contributed by atoms with Crippen LogP contribution in [0.3, 0.4) is 0 Å². The van der Waals surface area contributed by atoms with Gasteiger partial charge in [0.25, 0.3) is 0 Å². The number of ether oxygens (including phenoxy) is 1. The highest BCUT2D eigenvalue weighted by atomic mass is 127. The summed E-state index contributed by atoms with van der Waals surface area (Å²) in [4.78, 5) is 0. The first-order valence-corrected chi connectivity index (χ1v) is 12.4. The summed E-state index contributed by atoms with van der Waals surface area (Å²) in [6, 6.07) is 8.11. The van der Waals surface area contributed by atoms with Gasteiger partial charge in [-0.3, -0.25) is 0 Å². The monoisotopic (exact) mass is 560 g/mol. The fourth-order valence-corrected chi connectivity index (χ4v) is 5.91. The van der Waals surface area contributed by atoms with E-state index >= 15 is 8.63 Å². The van der Waals surface area contributed by atoms with Gasteiger partial charge in [-0.05, 0) is 90.7 Å². The maximum atomic E-state index is 16.5. The zero-order valence-corrected chi connectivity index (χ0v) is 21.9. The molecule has 2 aliphatic heterocycles. The van der Waals surface area contributed by atoms with Crippen molar-refractivity contribution in [3.8, 4) is 12.3 Å². The van der Waals surface area contributed by atoms with E-state index in [9.17, 15) is 0 Å². The van der Waals surface area contributed by atoms with Gasteiger partial charge in [-0.25, -0.2) is 0 Å². The Bertz CT molecular complexity index is 1280. The topological polar surface area (TPSA) is 17.2 Å². The minimum atomic E-state index is -4.11. The molecule has 2 aromatic rings. The molecule has 3 heterocycles. The van der Waals surface area contributed by atoms with Crippen molar-refractivity contribution in [1.29, 1.82) is 0 Å². The number of nitrogens with zero attached hydrogens (tertiary/aromatic N) is 2. The molecule has 172 valence electrons. The maximum absolute atomic E-state index is 16.5. The quantitative estimate of drug-likeness (QED) is 0.181. The van der Waals surface area contributed by atoms with Crippen LogP contribution in [-0.4, -0.2) is 34.9 Å². The van der Waals surface area contributed by atoms with Gasteiger partial charge in [-0.15, -0.1) is 6.42 Å². The predicted molar refractivity (Wildman–Crippen MR) is 140 cm³/mol. The molecule has 33 heavy (non-hydrogen) atoms. The highest BCUT2D eigenvalue weighted by Gasteiger charge is 2.57. The van der Waals surface area contributed by atoms with Crippen molar-refractivity contribution in [3.05, 3.63) is 72.8 Å². The fourth-order valence-electron chi connectivity index (χ4n) is 5.55. The molecule has 1 aromatic heterocycles. The van der Waals surface area contributed by atoms with E-state index in [2.05, 4.69) is 28.5 Å². The van der Waals surface area contributed by atoms with Gasteiger partial charge in [0.15, 0.2) is 11.4 Å². The first kappa shape index (κ1) is 24.0. The zero-order chi connectivity index (χ0) is 24.1. The summed E-state index contributed by atoms with van der Waals surface area (Å²) >= 11 is 2.27. The highest BCUT2D eigenvalue weighted by molar-refractivity contribution is 14.1. The molecule has 0 radical (unpaired) electrons. The van der Waals surface area contributed by atoms with E-state index in [-0.39, 0.29) is 13.2 Å². The van der Waals surface area contributed by atoms with E-state index in [1.807, 2.05) is 58.9 Å². The Labute approximate surface area is 208 Å². The van der Waals surface area contributed by atoms with Gasteiger partial charge in [0.05, 0.1) is 5.57 Å². The van der Waals surface area contributed by atoms with Gasteiger partial charge in [0.1, 0.15) is 13.2 Å². The van der Waals surface area contributed by atoms with Crippen LogP contribution < -0.4 is 0 Å². The lowest BCUT2D eigenvalue weighted by atomic mass is 9.83. The van der Waals surface area contributed by atoms with Crippen LogP contribution >= 0.6 is 22.6 Å². The van der Waals surface area contributed by atoms with E-state index < -0.39 is 6.97 Å². The van der Waals surface area contributed by atoms with E-state index in [0.717, 1.165) is 37.0 Å². The molecule has 0 amide bonds. The number of rotatable bonds is 6. The largest absolute Gasteiger partial charge is 0.737 e. The van der Waals surface area contributed by atoms with Crippen LogP contribution in [-0.2, 0) is 11.2 Å². The van der Waals surface area contributed by atoms with Gasteiger partial charge in [-0.1, -0.05) is 31.9 Å². The van der Waals surface area contributed by atoms with Crippen molar-refractivity contribution >= 4 is 40.8 Å². The minimum Gasteiger partial charge on any atom is -0.393 e. The first-order valence-electron chi connectivity index (χ1n) is 11.3. The van der Waals surface area contributed by atoms with Gasteiger partial charge >= 0.3 is 6.97 Å². The molecule has 0 saturated carbocycles. The summed E-state index contributed by atoms with van der Waals surface area (Å²) in [5, 5.41) is 0. The predicted octanol–water partition coefficient (Wildman–Crippen LogP) is 6.11. The molecule has 1 aromatic carbocycles. The highest BCUT2D eigenvalue weighted by Crippen LogP contribution is 2.47. The third kappa shape index (κ3) is 3.53. The minimum absolute atomic E-state index is 0.0563.